The van der Waals surface area contributed by atoms with E-state index in [9.17, 15) is 4.79 Å². The number of esters is 1. The summed E-state index contributed by atoms with van der Waals surface area (Å²) in [5.41, 5.74) is -0.200. The Morgan fingerprint density at radius 3 is 2.69 bits per heavy atom. The first-order valence-corrected chi connectivity index (χ1v) is 4.91. The van der Waals surface area contributed by atoms with Crippen molar-refractivity contribution in [1.29, 1.82) is 0 Å². The summed E-state index contributed by atoms with van der Waals surface area (Å²) in [5.74, 6) is 0.486. The molecule has 3 nitrogen and oxygen atoms in total. The number of ether oxygens (including phenoxy) is 2. The van der Waals surface area contributed by atoms with Crippen LogP contribution in [0.25, 0.3) is 0 Å². The van der Waals surface area contributed by atoms with Gasteiger partial charge in [0.25, 0.3) is 0 Å². The van der Waals surface area contributed by atoms with Crippen molar-refractivity contribution < 1.29 is 14.3 Å². The lowest BCUT2D eigenvalue weighted by molar-refractivity contribution is -0.175. The standard InChI is InChI=1S/C10H16O3/c1-7-5-10(12-2,8-3-4-8)6-9(11)13-7/h7-8H,3-6H2,1-2H3/t7-,10-/m0/s1. The third kappa shape index (κ3) is 1.57. The van der Waals surface area contributed by atoms with Gasteiger partial charge in [-0.1, -0.05) is 0 Å². The number of rotatable bonds is 2. The predicted octanol–water partition coefficient (Wildman–Crippen LogP) is 1.51. The summed E-state index contributed by atoms with van der Waals surface area (Å²) in [6.07, 6.45) is 3.72. The Bertz CT molecular complexity index is 222. The van der Waals surface area contributed by atoms with Gasteiger partial charge in [-0.2, -0.15) is 0 Å². The first-order chi connectivity index (χ1) is 6.16. The number of hydrogen-bond donors (Lipinski definition) is 0. The van der Waals surface area contributed by atoms with Crippen LogP contribution in [-0.2, 0) is 14.3 Å². The molecule has 1 heterocycles. The van der Waals surface area contributed by atoms with Gasteiger partial charge in [0.05, 0.1) is 12.0 Å². The molecule has 0 aromatic carbocycles. The summed E-state index contributed by atoms with van der Waals surface area (Å²) >= 11 is 0. The largest absolute Gasteiger partial charge is 0.462 e. The van der Waals surface area contributed by atoms with E-state index < -0.39 is 0 Å². The second-order valence-electron chi connectivity index (χ2n) is 4.22. The van der Waals surface area contributed by atoms with E-state index in [4.69, 9.17) is 9.47 Å². The summed E-state index contributed by atoms with van der Waals surface area (Å²) in [7, 11) is 1.71. The number of carbonyl (C=O) groups is 1. The van der Waals surface area contributed by atoms with Crippen LogP contribution in [0.4, 0.5) is 0 Å². The molecule has 0 spiro atoms. The van der Waals surface area contributed by atoms with Crippen molar-refractivity contribution in [1.82, 2.24) is 0 Å². The zero-order chi connectivity index (χ0) is 9.47. The Hall–Kier alpha value is -0.570. The van der Waals surface area contributed by atoms with Crippen molar-refractivity contribution in [2.45, 2.75) is 44.3 Å². The van der Waals surface area contributed by atoms with Crippen LogP contribution in [0.2, 0.25) is 0 Å². The smallest absolute Gasteiger partial charge is 0.308 e. The van der Waals surface area contributed by atoms with E-state index in [1.807, 2.05) is 6.92 Å². The van der Waals surface area contributed by atoms with Crippen LogP contribution in [0, 0.1) is 5.92 Å². The van der Waals surface area contributed by atoms with Gasteiger partial charge in [-0.3, -0.25) is 4.79 Å². The maximum atomic E-state index is 11.3. The van der Waals surface area contributed by atoms with E-state index in [1.165, 1.54) is 12.8 Å². The topological polar surface area (TPSA) is 35.5 Å². The van der Waals surface area contributed by atoms with Crippen LogP contribution < -0.4 is 0 Å². The van der Waals surface area contributed by atoms with Gasteiger partial charge in [0.2, 0.25) is 0 Å². The lowest BCUT2D eigenvalue weighted by atomic mass is 9.85. The van der Waals surface area contributed by atoms with Crippen molar-refractivity contribution in [2.75, 3.05) is 7.11 Å². The van der Waals surface area contributed by atoms with Crippen molar-refractivity contribution >= 4 is 5.97 Å². The highest BCUT2D eigenvalue weighted by Crippen LogP contribution is 2.48. The lowest BCUT2D eigenvalue weighted by Gasteiger charge is -2.38. The molecule has 1 saturated carbocycles. The minimum Gasteiger partial charge on any atom is -0.462 e. The molecule has 3 heteroatoms. The monoisotopic (exact) mass is 184 g/mol. The Balaban J connectivity index is 2.13. The number of carbonyl (C=O) groups excluding carboxylic acids is 1. The van der Waals surface area contributed by atoms with E-state index >= 15 is 0 Å². The number of hydrogen-bond acceptors (Lipinski definition) is 3. The van der Waals surface area contributed by atoms with Gasteiger partial charge >= 0.3 is 5.97 Å². The Morgan fingerprint density at radius 2 is 2.23 bits per heavy atom. The fourth-order valence-corrected chi connectivity index (χ4v) is 2.35. The molecule has 0 bridgehead atoms. The molecule has 2 atom stereocenters. The number of cyclic esters (lactones) is 1. The Labute approximate surface area is 78.4 Å². The van der Waals surface area contributed by atoms with Gasteiger partial charge in [-0.15, -0.1) is 0 Å². The molecule has 1 saturated heterocycles. The van der Waals surface area contributed by atoms with Crippen molar-refractivity contribution in [3.8, 4) is 0 Å². The molecule has 0 aromatic rings. The molecule has 0 aromatic heterocycles. The summed E-state index contributed by atoms with van der Waals surface area (Å²) in [6, 6.07) is 0. The van der Waals surface area contributed by atoms with Crippen LogP contribution >= 0.6 is 0 Å². The van der Waals surface area contributed by atoms with E-state index in [0.717, 1.165) is 6.42 Å². The molecule has 0 radical (unpaired) electrons. The van der Waals surface area contributed by atoms with Crippen LogP contribution in [-0.4, -0.2) is 24.8 Å². The average Bonchev–Trinajstić information content (AvgIpc) is 2.84. The molecule has 13 heavy (non-hydrogen) atoms. The summed E-state index contributed by atoms with van der Waals surface area (Å²) < 4.78 is 10.6. The fourth-order valence-electron chi connectivity index (χ4n) is 2.35. The highest BCUT2D eigenvalue weighted by molar-refractivity contribution is 5.72. The van der Waals surface area contributed by atoms with E-state index in [1.54, 1.807) is 7.11 Å². The van der Waals surface area contributed by atoms with Gasteiger partial charge in [0.1, 0.15) is 6.10 Å². The SMILES string of the molecule is CO[C@]1(C2CC2)CC(=O)O[C@@H](C)C1. The molecule has 1 aliphatic carbocycles. The molecule has 2 fully saturated rings. The van der Waals surface area contributed by atoms with Gasteiger partial charge in [-0.25, -0.2) is 0 Å². The van der Waals surface area contributed by atoms with Crippen molar-refractivity contribution in [3.05, 3.63) is 0 Å². The molecular formula is C10H16O3. The van der Waals surface area contributed by atoms with E-state index in [-0.39, 0.29) is 17.7 Å². The molecule has 2 rings (SSSR count). The molecule has 0 amide bonds. The minimum atomic E-state index is -0.200. The zero-order valence-corrected chi connectivity index (χ0v) is 8.21. The second kappa shape index (κ2) is 2.98. The quantitative estimate of drug-likeness (QED) is 0.610. The number of methoxy groups -OCH3 is 1. The van der Waals surface area contributed by atoms with E-state index in [2.05, 4.69) is 0 Å². The van der Waals surface area contributed by atoms with Gasteiger partial charge in [0.15, 0.2) is 0 Å². The molecule has 0 unspecified atom stereocenters. The molecule has 1 aliphatic heterocycles. The Morgan fingerprint density at radius 1 is 1.54 bits per heavy atom. The molecule has 74 valence electrons. The fraction of sp³-hybridized carbons (Fsp3) is 0.900. The lowest BCUT2D eigenvalue weighted by Crippen LogP contribution is -2.45. The summed E-state index contributed by atoms with van der Waals surface area (Å²) in [6.45, 7) is 1.94. The van der Waals surface area contributed by atoms with Crippen molar-refractivity contribution in [3.63, 3.8) is 0 Å². The third-order valence-electron chi connectivity index (χ3n) is 3.14. The Kier molecular flexibility index (Phi) is 2.06. The first-order valence-electron chi connectivity index (χ1n) is 4.91. The van der Waals surface area contributed by atoms with Crippen LogP contribution in [0.15, 0.2) is 0 Å². The zero-order valence-electron chi connectivity index (χ0n) is 8.21. The third-order valence-corrected chi connectivity index (χ3v) is 3.14. The highest BCUT2D eigenvalue weighted by Gasteiger charge is 2.50. The van der Waals surface area contributed by atoms with Gasteiger partial charge in [-0.05, 0) is 25.7 Å². The molecule has 0 N–H and O–H groups in total. The average molecular weight is 184 g/mol. The molecule has 2 aliphatic rings. The maximum Gasteiger partial charge on any atom is 0.308 e. The molecular weight excluding hydrogens is 168 g/mol. The summed E-state index contributed by atoms with van der Waals surface area (Å²) in [4.78, 5) is 11.3. The predicted molar refractivity (Wildman–Crippen MR) is 47.3 cm³/mol. The van der Waals surface area contributed by atoms with Gasteiger partial charge < -0.3 is 9.47 Å². The van der Waals surface area contributed by atoms with Crippen LogP contribution in [0.1, 0.15) is 32.6 Å². The maximum absolute atomic E-state index is 11.3. The van der Waals surface area contributed by atoms with Gasteiger partial charge in [0, 0.05) is 13.5 Å². The first kappa shape index (κ1) is 9.00. The second-order valence-corrected chi connectivity index (χ2v) is 4.22. The normalized spacial score (nSPS) is 40.2. The van der Waals surface area contributed by atoms with E-state index in [0.29, 0.717) is 12.3 Å². The van der Waals surface area contributed by atoms with Crippen LogP contribution in [0.5, 0.6) is 0 Å². The minimum absolute atomic E-state index is 0.0156. The van der Waals surface area contributed by atoms with Crippen molar-refractivity contribution in [2.24, 2.45) is 5.92 Å². The van der Waals surface area contributed by atoms with Crippen LogP contribution in [0.3, 0.4) is 0 Å². The highest BCUT2D eigenvalue weighted by atomic mass is 16.6. The summed E-state index contributed by atoms with van der Waals surface area (Å²) in [5, 5.41) is 0.